The normalized spacial score (nSPS) is 10.8. The average molecular weight is 356 g/mol. The van der Waals surface area contributed by atoms with Crippen LogP contribution in [0, 0.1) is 20.8 Å². The number of carbonyl (C=O) groups is 1. The second-order valence-electron chi connectivity index (χ2n) is 5.90. The summed E-state index contributed by atoms with van der Waals surface area (Å²) in [6.45, 7) is 8.06. The number of rotatable bonds is 7. The number of benzene rings is 2. The predicted octanol–water partition coefficient (Wildman–Crippen LogP) is 3.25. The first-order valence-corrected chi connectivity index (χ1v) is 8.39. The van der Waals surface area contributed by atoms with Crippen LogP contribution in [-0.4, -0.2) is 30.4 Å². The maximum absolute atomic E-state index is 11.9. The Morgan fingerprint density at radius 2 is 1.88 bits per heavy atom. The van der Waals surface area contributed by atoms with Gasteiger partial charge in [0, 0.05) is 0 Å². The summed E-state index contributed by atoms with van der Waals surface area (Å²) in [5.41, 5.74) is 6.23. The molecule has 26 heavy (non-hydrogen) atoms. The summed E-state index contributed by atoms with van der Waals surface area (Å²) in [6, 6.07) is 8.82. The molecular weight excluding hydrogens is 332 g/mol. The first-order chi connectivity index (χ1) is 12.4. The van der Waals surface area contributed by atoms with Gasteiger partial charge in [0.15, 0.2) is 18.1 Å². The van der Waals surface area contributed by atoms with Crippen molar-refractivity contribution in [1.29, 1.82) is 0 Å². The molecule has 2 rings (SSSR count). The van der Waals surface area contributed by atoms with E-state index in [1.807, 2.05) is 39.8 Å². The summed E-state index contributed by atoms with van der Waals surface area (Å²) in [7, 11) is 0. The lowest BCUT2D eigenvalue weighted by Gasteiger charge is -2.13. The summed E-state index contributed by atoms with van der Waals surface area (Å²) in [5, 5.41) is 13.6. The third-order valence-corrected chi connectivity index (χ3v) is 3.91. The van der Waals surface area contributed by atoms with E-state index in [-0.39, 0.29) is 18.3 Å². The number of nitrogens with one attached hydrogen (secondary N) is 1. The quantitative estimate of drug-likeness (QED) is 0.589. The van der Waals surface area contributed by atoms with Crippen LogP contribution >= 0.6 is 0 Å². The van der Waals surface area contributed by atoms with Gasteiger partial charge in [-0.1, -0.05) is 12.1 Å². The van der Waals surface area contributed by atoms with Gasteiger partial charge in [0.2, 0.25) is 0 Å². The van der Waals surface area contributed by atoms with E-state index in [0.717, 1.165) is 22.4 Å². The average Bonchev–Trinajstić information content (AvgIpc) is 2.61. The van der Waals surface area contributed by atoms with Gasteiger partial charge in [-0.05, 0) is 68.1 Å². The lowest BCUT2D eigenvalue weighted by molar-refractivity contribution is -0.123. The minimum absolute atomic E-state index is 0.0605. The minimum Gasteiger partial charge on any atom is -0.504 e. The Kier molecular flexibility index (Phi) is 6.60. The van der Waals surface area contributed by atoms with Gasteiger partial charge in [-0.15, -0.1) is 0 Å². The van der Waals surface area contributed by atoms with Crippen LogP contribution in [0.3, 0.4) is 0 Å². The molecule has 0 atom stereocenters. The zero-order chi connectivity index (χ0) is 19.1. The van der Waals surface area contributed by atoms with Gasteiger partial charge >= 0.3 is 0 Å². The van der Waals surface area contributed by atoms with Crippen LogP contribution < -0.4 is 14.9 Å². The maximum Gasteiger partial charge on any atom is 0.277 e. The van der Waals surface area contributed by atoms with E-state index in [4.69, 9.17) is 9.47 Å². The summed E-state index contributed by atoms with van der Waals surface area (Å²) in [6.07, 6.45) is 1.48. The Labute approximate surface area is 153 Å². The van der Waals surface area contributed by atoms with Crippen molar-refractivity contribution in [3.8, 4) is 17.2 Å². The van der Waals surface area contributed by atoms with Crippen molar-refractivity contribution in [2.75, 3.05) is 13.2 Å². The first-order valence-electron chi connectivity index (χ1n) is 8.39. The number of carbonyl (C=O) groups excluding carboxylic acids is 1. The van der Waals surface area contributed by atoms with Gasteiger partial charge < -0.3 is 14.6 Å². The highest BCUT2D eigenvalue weighted by Gasteiger charge is 2.09. The van der Waals surface area contributed by atoms with Crippen molar-refractivity contribution in [3.05, 3.63) is 52.6 Å². The van der Waals surface area contributed by atoms with E-state index >= 15 is 0 Å². The smallest absolute Gasteiger partial charge is 0.277 e. The van der Waals surface area contributed by atoms with E-state index in [2.05, 4.69) is 10.5 Å². The highest BCUT2D eigenvalue weighted by molar-refractivity contribution is 5.83. The predicted molar refractivity (Wildman–Crippen MR) is 101 cm³/mol. The first kappa shape index (κ1) is 19.3. The van der Waals surface area contributed by atoms with E-state index < -0.39 is 0 Å². The van der Waals surface area contributed by atoms with Crippen molar-refractivity contribution in [2.24, 2.45) is 5.10 Å². The van der Waals surface area contributed by atoms with Crippen LogP contribution in [0.4, 0.5) is 0 Å². The molecule has 0 saturated heterocycles. The Morgan fingerprint density at radius 1 is 1.15 bits per heavy atom. The Morgan fingerprint density at radius 3 is 2.62 bits per heavy atom. The summed E-state index contributed by atoms with van der Waals surface area (Å²) in [5.74, 6) is 0.802. The molecule has 2 aromatic carbocycles. The third-order valence-electron chi connectivity index (χ3n) is 3.91. The second kappa shape index (κ2) is 8.89. The topological polar surface area (TPSA) is 80.2 Å². The van der Waals surface area contributed by atoms with E-state index in [9.17, 15) is 9.90 Å². The molecule has 0 unspecified atom stereocenters. The minimum atomic E-state index is -0.356. The highest BCUT2D eigenvalue weighted by Crippen LogP contribution is 2.26. The molecule has 0 aliphatic heterocycles. The van der Waals surface area contributed by atoms with Gasteiger partial charge in [-0.3, -0.25) is 4.79 Å². The molecule has 0 fully saturated rings. The van der Waals surface area contributed by atoms with Gasteiger partial charge in [0.25, 0.3) is 5.91 Å². The van der Waals surface area contributed by atoms with Crippen molar-refractivity contribution < 1.29 is 19.4 Å². The number of hydrazone groups is 1. The molecule has 6 nitrogen and oxygen atoms in total. The molecule has 0 heterocycles. The van der Waals surface area contributed by atoms with Crippen LogP contribution in [-0.2, 0) is 4.79 Å². The number of amides is 1. The van der Waals surface area contributed by atoms with Crippen LogP contribution in [0.25, 0.3) is 0 Å². The number of phenolic OH excluding ortho intramolecular Hbond substituents is 1. The highest BCUT2D eigenvalue weighted by atomic mass is 16.5. The molecule has 0 aliphatic rings. The molecule has 0 saturated carbocycles. The molecule has 138 valence electrons. The van der Waals surface area contributed by atoms with Gasteiger partial charge in [0.1, 0.15) is 5.75 Å². The largest absolute Gasteiger partial charge is 0.504 e. The number of hydrogen-bond donors (Lipinski definition) is 2. The molecule has 6 heteroatoms. The summed E-state index contributed by atoms with van der Waals surface area (Å²) >= 11 is 0. The fourth-order valence-electron chi connectivity index (χ4n) is 2.38. The number of hydrogen-bond acceptors (Lipinski definition) is 5. The van der Waals surface area contributed by atoms with Gasteiger partial charge in [-0.25, -0.2) is 5.43 Å². The fourth-order valence-corrected chi connectivity index (χ4v) is 2.38. The van der Waals surface area contributed by atoms with Crippen molar-refractivity contribution in [1.82, 2.24) is 5.43 Å². The van der Waals surface area contributed by atoms with Crippen LogP contribution in [0.1, 0.15) is 29.2 Å². The van der Waals surface area contributed by atoms with E-state index in [1.54, 1.807) is 12.1 Å². The van der Waals surface area contributed by atoms with Crippen molar-refractivity contribution >= 4 is 12.1 Å². The van der Waals surface area contributed by atoms with Crippen molar-refractivity contribution in [2.45, 2.75) is 27.7 Å². The molecule has 0 aliphatic carbocycles. The molecule has 2 N–H and O–H groups in total. The zero-order valence-corrected chi connectivity index (χ0v) is 15.5. The molecule has 0 spiro atoms. The zero-order valence-electron chi connectivity index (χ0n) is 15.5. The van der Waals surface area contributed by atoms with E-state index in [0.29, 0.717) is 17.9 Å². The molecular formula is C20H24N2O4. The lowest BCUT2D eigenvalue weighted by Crippen LogP contribution is -2.25. The number of aryl methyl sites for hydroxylation is 2. The molecule has 0 aromatic heterocycles. The summed E-state index contributed by atoms with van der Waals surface area (Å²) < 4.78 is 10.9. The molecule has 2 aromatic rings. The second-order valence-corrected chi connectivity index (χ2v) is 5.90. The fraction of sp³-hybridized carbons (Fsp3) is 0.300. The monoisotopic (exact) mass is 356 g/mol. The van der Waals surface area contributed by atoms with Crippen LogP contribution in [0.5, 0.6) is 17.2 Å². The lowest BCUT2D eigenvalue weighted by atomic mass is 10.1. The Bertz CT molecular complexity index is 816. The molecule has 0 bridgehead atoms. The van der Waals surface area contributed by atoms with E-state index in [1.165, 1.54) is 12.3 Å². The number of aromatic hydroxyl groups is 1. The third kappa shape index (κ3) is 4.99. The summed E-state index contributed by atoms with van der Waals surface area (Å²) in [4.78, 5) is 11.9. The van der Waals surface area contributed by atoms with Crippen LogP contribution in [0.2, 0.25) is 0 Å². The van der Waals surface area contributed by atoms with Gasteiger partial charge in [0.05, 0.1) is 12.8 Å². The van der Waals surface area contributed by atoms with Crippen LogP contribution in [0.15, 0.2) is 35.4 Å². The molecule has 0 radical (unpaired) electrons. The van der Waals surface area contributed by atoms with Crippen molar-refractivity contribution in [3.63, 3.8) is 0 Å². The standard InChI is InChI=1S/C20H24N2O4/c1-5-25-18-10-16(8-9-17(18)23)11-21-22-19(24)12-26-20-14(3)7-6-13(2)15(20)4/h6-11,23H,5,12H2,1-4H3,(H,22,24)/b21-11-. The number of nitrogens with zero attached hydrogens (tertiary/aromatic N) is 1. The maximum atomic E-state index is 11.9. The Hall–Kier alpha value is -3.02. The number of phenols is 1. The Balaban J connectivity index is 1.92. The number of ether oxygens (including phenoxy) is 2. The SMILES string of the molecule is CCOc1cc(/C=N\NC(=O)COc2c(C)ccc(C)c2C)ccc1O. The van der Waals surface area contributed by atoms with Gasteiger partial charge in [-0.2, -0.15) is 5.10 Å². The molecule has 1 amide bonds.